The molecule has 0 bridgehead atoms. The van der Waals surface area contributed by atoms with Crippen LogP contribution in [-0.4, -0.2) is 54.6 Å². The summed E-state index contributed by atoms with van der Waals surface area (Å²) in [5.41, 5.74) is 0.164. The fourth-order valence-corrected chi connectivity index (χ4v) is 5.20. The second-order valence-electron chi connectivity index (χ2n) is 7.78. The van der Waals surface area contributed by atoms with Gasteiger partial charge in [0.05, 0.1) is 15.4 Å². The summed E-state index contributed by atoms with van der Waals surface area (Å²) in [5.74, 6) is 0.439. The number of nitro benzene ring substituents is 1. The normalized spacial score (nSPS) is 14.8. The highest BCUT2D eigenvalue weighted by molar-refractivity contribution is 7.89. The number of hydrogen-bond donors (Lipinski definition) is 0. The zero-order valence-corrected chi connectivity index (χ0v) is 18.9. The molecule has 0 aliphatic carbocycles. The number of benzene rings is 2. The molecule has 1 saturated heterocycles. The molecule has 11 heteroatoms. The number of sulfonamides is 1. The minimum absolute atomic E-state index is 0.0265. The van der Waals surface area contributed by atoms with Gasteiger partial charge in [-0.25, -0.2) is 12.8 Å². The van der Waals surface area contributed by atoms with Gasteiger partial charge in [-0.15, -0.1) is 0 Å². The molecule has 0 spiro atoms. The molecule has 0 N–H and O–H groups in total. The van der Waals surface area contributed by atoms with Gasteiger partial charge in [0.1, 0.15) is 17.3 Å². The highest BCUT2D eigenvalue weighted by Crippen LogP contribution is 2.26. The minimum atomic E-state index is -3.81. The number of amides is 1. The Hall–Kier alpha value is -3.57. The van der Waals surface area contributed by atoms with E-state index in [9.17, 15) is 27.7 Å². The number of rotatable bonds is 7. The number of nitro groups is 1. The molecule has 4 rings (SSSR count). The zero-order valence-electron chi connectivity index (χ0n) is 18.1. The number of aryl methyl sites for hydroxylation is 1. The highest BCUT2D eigenvalue weighted by atomic mass is 32.2. The summed E-state index contributed by atoms with van der Waals surface area (Å²) in [6.45, 7) is 0.736. The van der Waals surface area contributed by atoms with Crippen LogP contribution in [0.2, 0.25) is 0 Å². The number of furan rings is 1. The SMILES string of the molecule is O=C(CCc1ccc(-c2ccccc2F)o1)N1CCN(S(=O)(=O)c2ccc([N+](=O)[O-])cc2)CC1. The van der Waals surface area contributed by atoms with E-state index in [1.165, 1.54) is 22.5 Å². The van der Waals surface area contributed by atoms with Gasteiger partial charge in [0.25, 0.3) is 5.69 Å². The highest BCUT2D eigenvalue weighted by Gasteiger charge is 2.30. The Morgan fingerprint density at radius 3 is 2.32 bits per heavy atom. The summed E-state index contributed by atoms with van der Waals surface area (Å²) in [7, 11) is -3.81. The van der Waals surface area contributed by atoms with Crippen LogP contribution in [-0.2, 0) is 21.2 Å². The van der Waals surface area contributed by atoms with E-state index in [1.54, 1.807) is 35.2 Å². The Kier molecular flexibility index (Phi) is 6.75. The Labute approximate surface area is 195 Å². The first kappa shape index (κ1) is 23.6. The summed E-state index contributed by atoms with van der Waals surface area (Å²) >= 11 is 0. The maximum atomic E-state index is 13.9. The molecule has 178 valence electrons. The molecule has 1 aliphatic rings. The average Bonchev–Trinajstić information content (AvgIpc) is 3.31. The fourth-order valence-electron chi connectivity index (χ4n) is 3.77. The second kappa shape index (κ2) is 9.74. The first-order chi connectivity index (χ1) is 16.3. The topological polar surface area (TPSA) is 114 Å². The van der Waals surface area contributed by atoms with Crippen molar-refractivity contribution in [2.45, 2.75) is 17.7 Å². The lowest BCUT2D eigenvalue weighted by molar-refractivity contribution is -0.384. The maximum absolute atomic E-state index is 13.9. The van der Waals surface area contributed by atoms with Crippen molar-refractivity contribution in [3.8, 4) is 11.3 Å². The third-order valence-corrected chi connectivity index (χ3v) is 7.58. The van der Waals surface area contributed by atoms with Crippen LogP contribution in [0.3, 0.4) is 0 Å². The standard InChI is InChI=1S/C23H22FN3O6S/c24-21-4-2-1-3-20(21)22-11-7-18(33-22)8-12-23(28)25-13-15-26(16-14-25)34(31,32)19-9-5-17(6-10-19)27(29)30/h1-7,9-11H,8,12-16H2. The molecule has 3 aromatic rings. The first-order valence-electron chi connectivity index (χ1n) is 10.6. The van der Waals surface area contributed by atoms with Gasteiger partial charge in [0.2, 0.25) is 15.9 Å². The minimum Gasteiger partial charge on any atom is -0.461 e. The van der Waals surface area contributed by atoms with Gasteiger partial charge in [0, 0.05) is 51.2 Å². The molecular formula is C23H22FN3O6S. The van der Waals surface area contributed by atoms with E-state index in [2.05, 4.69) is 0 Å². The van der Waals surface area contributed by atoms with Crippen molar-refractivity contribution >= 4 is 21.6 Å². The molecule has 2 heterocycles. The predicted octanol–water partition coefficient (Wildman–Crippen LogP) is 3.46. The monoisotopic (exact) mass is 487 g/mol. The van der Waals surface area contributed by atoms with Gasteiger partial charge in [-0.05, 0) is 36.4 Å². The summed E-state index contributed by atoms with van der Waals surface area (Å²) in [4.78, 5) is 24.4. The molecule has 1 amide bonds. The van der Waals surface area contributed by atoms with Crippen molar-refractivity contribution < 1.29 is 26.9 Å². The van der Waals surface area contributed by atoms with Crippen molar-refractivity contribution in [3.05, 3.63) is 82.4 Å². The third kappa shape index (κ3) is 5.00. The Bertz CT molecular complexity index is 1300. The van der Waals surface area contributed by atoms with E-state index in [1.807, 2.05) is 0 Å². The number of piperazine rings is 1. The van der Waals surface area contributed by atoms with Gasteiger partial charge in [-0.2, -0.15) is 4.31 Å². The lowest BCUT2D eigenvalue weighted by Crippen LogP contribution is -2.50. The van der Waals surface area contributed by atoms with E-state index in [4.69, 9.17) is 4.42 Å². The molecule has 9 nitrogen and oxygen atoms in total. The van der Waals surface area contributed by atoms with Crippen molar-refractivity contribution in [3.63, 3.8) is 0 Å². The maximum Gasteiger partial charge on any atom is 0.269 e. The lowest BCUT2D eigenvalue weighted by atomic mass is 10.1. The number of carbonyl (C=O) groups excluding carboxylic acids is 1. The number of hydrogen-bond acceptors (Lipinski definition) is 6. The smallest absolute Gasteiger partial charge is 0.269 e. The van der Waals surface area contributed by atoms with E-state index < -0.39 is 14.9 Å². The summed E-state index contributed by atoms with van der Waals surface area (Å²) in [6, 6.07) is 14.4. The van der Waals surface area contributed by atoms with E-state index in [-0.39, 0.29) is 54.9 Å². The lowest BCUT2D eigenvalue weighted by Gasteiger charge is -2.34. The van der Waals surface area contributed by atoms with E-state index in [0.29, 0.717) is 23.5 Å². The second-order valence-corrected chi connectivity index (χ2v) is 9.72. The Morgan fingerprint density at radius 1 is 1.00 bits per heavy atom. The largest absolute Gasteiger partial charge is 0.461 e. The van der Waals surface area contributed by atoms with Crippen LogP contribution in [0.5, 0.6) is 0 Å². The summed E-state index contributed by atoms with van der Waals surface area (Å²) < 4.78 is 46.5. The molecule has 1 aliphatic heterocycles. The first-order valence-corrected chi connectivity index (χ1v) is 12.1. The van der Waals surface area contributed by atoms with Crippen LogP contribution < -0.4 is 0 Å². The molecule has 1 aromatic heterocycles. The van der Waals surface area contributed by atoms with Crippen molar-refractivity contribution in [2.24, 2.45) is 0 Å². The van der Waals surface area contributed by atoms with Gasteiger partial charge in [-0.1, -0.05) is 12.1 Å². The Morgan fingerprint density at radius 2 is 1.68 bits per heavy atom. The van der Waals surface area contributed by atoms with Crippen molar-refractivity contribution in [2.75, 3.05) is 26.2 Å². The van der Waals surface area contributed by atoms with Gasteiger partial charge in [-0.3, -0.25) is 14.9 Å². The van der Waals surface area contributed by atoms with Crippen molar-refractivity contribution in [1.82, 2.24) is 9.21 Å². The number of non-ortho nitro benzene ring substituents is 1. The Balaban J connectivity index is 1.31. The molecule has 2 aromatic carbocycles. The zero-order chi connectivity index (χ0) is 24.3. The number of halogens is 1. The molecule has 0 radical (unpaired) electrons. The predicted molar refractivity (Wildman–Crippen MR) is 121 cm³/mol. The van der Waals surface area contributed by atoms with Crippen LogP contribution in [0.25, 0.3) is 11.3 Å². The molecule has 1 fully saturated rings. The molecule has 34 heavy (non-hydrogen) atoms. The third-order valence-electron chi connectivity index (χ3n) is 5.66. The molecular weight excluding hydrogens is 465 g/mol. The van der Waals surface area contributed by atoms with Gasteiger partial charge < -0.3 is 9.32 Å². The average molecular weight is 488 g/mol. The number of carbonyl (C=O) groups is 1. The summed E-state index contributed by atoms with van der Waals surface area (Å²) in [6.07, 6.45) is 0.522. The van der Waals surface area contributed by atoms with E-state index in [0.717, 1.165) is 12.1 Å². The van der Waals surface area contributed by atoms with Gasteiger partial charge in [0.15, 0.2) is 0 Å². The van der Waals surface area contributed by atoms with Crippen LogP contribution >= 0.6 is 0 Å². The van der Waals surface area contributed by atoms with Gasteiger partial charge >= 0.3 is 0 Å². The van der Waals surface area contributed by atoms with Crippen molar-refractivity contribution in [1.29, 1.82) is 0 Å². The van der Waals surface area contributed by atoms with Crippen LogP contribution in [0.15, 0.2) is 70.0 Å². The fraction of sp³-hybridized carbons (Fsp3) is 0.261. The number of nitrogens with zero attached hydrogens (tertiary/aromatic N) is 3. The van der Waals surface area contributed by atoms with Crippen LogP contribution in [0.4, 0.5) is 10.1 Å². The quantitative estimate of drug-likeness (QED) is 0.373. The summed E-state index contributed by atoms with van der Waals surface area (Å²) in [5, 5.41) is 10.8. The molecule has 0 atom stereocenters. The van der Waals surface area contributed by atoms with Crippen LogP contribution in [0, 0.1) is 15.9 Å². The van der Waals surface area contributed by atoms with E-state index >= 15 is 0 Å². The molecule has 0 saturated carbocycles. The molecule has 0 unspecified atom stereocenters. The van der Waals surface area contributed by atoms with Crippen LogP contribution in [0.1, 0.15) is 12.2 Å².